The minimum atomic E-state index is 0.235. The Balaban J connectivity index is 1.86. The Labute approximate surface area is 127 Å². The zero-order chi connectivity index (χ0) is 14.5. The first-order valence-corrected chi connectivity index (χ1v) is 7.86. The molecule has 1 aliphatic carbocycles. The van der Waals surface area contributed by atoms with Crippen molar-refractivity contribution in [3.8, 4) is 0 Å². The summed E-state index contributed by atoms with van der Waals surface area (Å²) in [6.45, 7) is 2.19. The van der Waals surface area contributed by atoms with Gasteiger partial charge in [-0.15, -0.1) is 0 Å². The van der Waals surface area contributed by atoms with E-state index in [1.165, 1.54) is 36.1 Å². The molecule has 0 saturated heterocycles. The Morgan fingerprint density at radius 2 is 1.95 bits per heavy atom. The molecule has 1 aromatic heterocycles. The van der Waals surface area contributed by atoms with Gasteiger partial charge in [0.05, 0.1) is 6.04 Å². The molecule has 0 bridgehead atoms. The third-order valence-corrected chi connectivity index (χ3v) is 4.31. The quantitative estimate of drug-likeness (QED) is 0.780. The largest absolute Gasteiger partial charge is 0.286 e. The standard InChI is InChI=1S/C19H22N2/c1-15(16-8-3-2-4-9-16)21-19-12-6-5-11-18(19)17-10-7-13-20-14-17/h2-4,7-10,13-15,18H,5-6,11-12H2,1H3/t15-,18+/m1/s1. The van der Waals surface area contributed by atoms with E-state index < -0.39 is 0 Å². The van der Waals surface area contributed by atoms with Gasteiger partial charge >= 0.3 is 0 Å². The molecule has 2 heteroatoms. The van der Waals surface area contributed by atoms with E-state index in [1.54, 1.807) is 0 Å². The van der Waals surface area contributed by atoms with E-state index in [4.69, 9.17) is 4.99 Å². The van der Waals surface area contributed by atoms with Gasteiger partial charge in [0.15, 0.2) is 0 Å². The number of benzene rings is 1. The Hall–Kier alpha value is -1.96. The Morgan fingerprint density at radius 3 is 2.71 bits per heavy atom. The van der Waals surface area contributed by atoms with Crippen LogP contribution in [-0.2, 0) is 0 Å². The summed E-state index contributed by atoms with van der Waals surface area (Å²) in [5, 5.41) is 0. The highest BCUT2D eigenvalue weighted by Crippen LogP contribution is 2.32. The highest BCUT2D eigenvalue weighted by atomic mass is 14.8. The molecule has 0 unspecified atom stereocenters. The molecule has 0 aliphatic heterocycles. The van der Waals surface area contributed by atoms with E-state index in [-0.39, 0.29) is 6.04 Å². The van der Waals surface area contributed by atoms with Crippen LogP contribution >= 0.6 is 0 Å². The molecule has 2 atom stereocenters. The first-order chi connectivity index (χ1) is 10.3. The topological polar surface area (TPSA) is 25.2 Å². The SMILES string of the molecule is C[C@@H](N=C1CCCC[C@H]1c1cccnc1)c1ccccc1. The lowest BCUT2D eigenvalue weighted by atomic mass is 9.82. The fourth-order valence-electron chi connectivity index (χ4n) is 3.15. The third kappa shape index (κ3) is 3.38. The van der Waals surface area contributed by atoms with Crippen molar-refractivity contribution in [1.29, 1.82) is 0 Å². The van der Waals surface area contributed by atoms with Gasteiger partial charge in [-0.2, -0.15) is 0 Å². The highest BCUT2D eigenvalue weighted by molar-refractivity contribution is 5.91. The molecule has 2 nitrogen and oxygen atoms in total. The summed E-state index contributed by atoms with van der Waals surface area (Å²) in [5.41, 5.74) is 3.96. The first kappa shape index (κ1) is 14.0. The van der Waals surface area contributed by atoms with E-state index in [0.717, 1.165) is 6.42 Å². The fourth-order valence-corrected chi connectivity index (χ4v) is 3.15. The zero-order valence-electron chi connectivity index (χ0n) is 12.6. The molecule has 1 heterocycles. The molecule has 0 N–H and O–H groups in total. The van der Waals surface area contributed by atoms with Crippen molar-refractivity contribution in [1.82, 2.24) is 4.98 Å². The van der Waals surface area contributed by atoms with Crippen molar-refractivity contribution in [2.75, 3.05) is 0 Å². The van der Waals surface area contributed by atoms with Gasteiger partial charge in [0.1, 0.15) is 0 Å². The van der Waals surface area contributed by atoms with Crippen LogP contribution < -0.4 is 0 Å². The number of pyridine rings is 1. The molecular formula is C19H22N2. The molecule has 1 aliphatic rings. The zero-order valence-corrected chi connectivity index (χ0v) is 12.6. The highest BCUT2D eigenvalue weighted by Gasteiger charge is 2.22. The van der Waals surface area contributed by atoms with Crippen molar-refractivity contribution in [3.63, 3.8) is 0 Å². The van der Waals surface area contributed by atoms with E-state index >= 15 is 0 Å². The molecule has 0 amide bonds. The number of rotatable bonds is 3. The van der Waals surface area contributed by atoms with Crippen LogP contribution in [0.2, 0.25) is 0 Å². The van der Waals surface area contributed by atoms with Crippen LogP contribution in [0.3, 0.4) is 0 Å². The molecule has 0 radical (unpaired) electrons. The van der Waals surface area contributed by atoms with Crippen LogP contribution in [0.5, 0.6) is 0 Å². The average molecular weight is 278 g/mol. The normalized spacial score (nSPS) is 22.1. The number of hydrogen-bond acceptors (Lipinski definition) is 2. The molecule has 21 heavy (non-hydrogen) atoms. The van der Waals surface area contributed by atoms with Crippen LogP contribution in [0.25, 0.3) is 0 Å². The van der Waals surface area contributed by atoms with E-state index in [1.807, 2.05) is 18.5 Å². The molecule has 108 valence electrons. The smallest absolute Gasteiger partial charge is 0.0720 e. The summed E-state index contributed by atoms with van der Waals surface area (Å²) in [6.07, 6.45) is 8.71. The number of nitrogens with zero attached hydrogens (tertiary/aromatic N) is 2. The van der Waals surface area contributed by atoms with Crippen LogP contribution in [0.1, 0.15) is 55.7 Å². The lowest BCUT2D eigenvalue weighted by Crippen LogP contribution is -2.18. The third-order valence-electron chi connectivity index (χ3n) is 4.31. The number of aliphatic imine (C=N–C) groups is 1. The van der Waals surface area contributed by atoms with Crippen LogP contribution in [0.15, 0.2) is 59.9 Å². The molecule has 3 rings (SSSR count). The monoisotopic (exact) mass is 278 g/mol. The second-order valence-electron chi connectivity index (χ2n) is 5.79. The van der Waals surface area contributed by atoms with Crippen molar-refractivity contribution in [3.05, 3.63) is 66.0 Å². The molecule has 1 fully saturated rings. The van der Waals surface area contributed by atoms with Gasteiger partial charge in [0.2, 0.25) is 0 Å². The molecule has 1 aromatic carbocycles. The Morgan fingerprint density at radius 1 is 1.10 bits per heavy atom. The second-order valence-corrected chi connectivity index (χ2v) is 5.79. The van der Waals surface area contributed by atoms with Gasteiger partial charge in [-0.3, -0.25) is 9.98 Å². The van der Waals surface area contributed by atoms with Crippen molar-refractivity contribution in [2.45, 2.75) is 44.6 Å². The number of aromatic nitrogens is 1. The summed E-state index contributed by atoms with van der Waals surface area (Å²) in [5.74, 6) is 0.457. The fraction of sp³-hybridized carbons (Fsp3) is 0.368. The molecule has 0 spiro atoms. The summed E-state index contributed by atoms with van der Waals surface area (Å²) in [4.78, 5) is 9.33. The van der Waals surface area contributed by atoms with Gasteiger partial charge in [0.25, 0.3) is 0 Å². The maximum Gasteiger partial charge on any atom is 0.0720 e. The average Bonchev–Trinajstić information content (AvgIpc) is 2.57. The molecule has 2 aromatic rings. The van der Waals surface area contributed by atoms with Crippen molar-refractivity contribution < 1.29 is 0 Å². The number of hydrogen-bond donors (Lipinski definition) is 0. The maximum atomic E-state index is 5.05. The molecule has 1 saturated carbocycles. The second kappa shape index (κ2) is 6.66. The van der Waals surface area contributed by atoms with Gasteiger partial charge in [-0.1, -0.05) is 42.8 Å². The Bertz CT molecular complexity index is 589. The summed E-state index contributed by atoms with van der Waals surface area (Å²) in [6, 6.07) is 15.0. The van der Waals surface area contributed by atoms with Crippen molar-refractivity contribution in [2.24, 2.45) is 4.99 Å². The summed E-state index contributed by atoms with van der Waals surface area (Å²) < 4.78 is 0. The van der Waals surface area contributed by atoms with E-state index in [2.05, 4.69) is 48.3 Å². The van der Waals surface area contributed by atoms with Gasteiger partial charge in [-0.05, 0) is 43.4 Å². The lowest BCUT2D eigenvalue weighted by Gasteiger charge is -2.25. The van der Waals surface area contributed by atoms with Gasteiger partial charge in [0, 0.05) is 24.0 Å². The minimum absolute atomic E-state index is 0.235. The van der Waals surface area contributed by atoms with Crippen LogP contribution in [-0.4, -0.2) is 10.7 Å². The summed E-state index contributed by atoms with van der Waals surface area (Å²) >= 11 is 0. The van der Waals surface area contributed by atoms with E-state index in [0.29, 0.717) is 5.92 Å². The minimum Gasteiger partial charge on any atom is -0.286 e. The Kier molecular flexibility index (Phi) is 4.44. The summed E-state index contributed by atoms with van der Waals surface area (Å²) in [7, 11) is 0. The maximum absolute atomic E-state index is 5.05. The predicted octanol–water partition coefficient (Wildman–Crippen LogP) is 4.94. The lowest BCUT2D eigenvalue weighted by molar-refractivity contribution is 0.603. The van der Waals surface area contributed by atoms with Gasteiger partial charge < -0.3 is 0 Å². The van der Waals surface area contributed by atoms with E-state index in [9.17, 15) is 0 Å². The molecular weight excluding hydrogens is 256 g/mol. The van der Waals surface area contributed by atoms with Crippen LogP contribution in [0.4, 0.5) is 0 Å². The van der Waals surface area contributed by atoms with Gasteiger partial charge in [-0.25, -0.2) is 0 Å². The predicted molar refractivity (Wildman–Crippen MR) is 87.7 cm³/mol. The first-order valence-electron chi connectivity index (χ1n) is 7.86. The van der Waals surface area contributed by atoms with Crippen molar-refractivity contribution >= 4 is 5.71 Å². The van der Waals surface area contributed by atoms with Crippen LogP contribution in [0, 0.1) is 0 Å².